The first-order valence-corrected chi connectivity index (χ1v) is 9.27. The Morgan fingerprint density at radius 2 is 1.89 bits per heavy atom. The highest BCUT2D eigenvalue weighted by Crippen LogP contribution is 2.27. The van der Waals surface area contributed by atoms with Crippen LogP contribution in [0.15, 0.2) is 53.1 Å². The third-order valence-electron chi connectivity index (χ3n) is 3.92. The molecule has 2 N–H and O–H groups in total. The topological polar surface area (TPSA) is 89.3 Å². The van der Waals surface area contributed by atoms with Crippen LogP contribution in [0, 0.1) is 0 Å². The van der Waals surface area contributed by atoms with Crippen LogP contribution in [0.1, 0.15) is 37.0 Å². The highest BCUT2D eigenvalue weighted by molar-refractivity contribution is 5.99. The second-order valence-electron chi connectivity index (χ2n) is 6.47. The molecule has 3 rings (SSSR count). The van der Waals surface area contributed by atoms with Gasteiger partial charge in [0.15, 0.2) is 0 Å². The van der Waals surface area contributed by atoms with Crippen LogP contribution in [-0.2, 0) is 6.54 Å². The first kappa shape index (κ1) is 19.4. The maximum atomic E-state index is 12.4. The highest BCUT2D eigenvalue weighted by Gasteiger charge is 2.15. The van der Waals surface area contributed by atoms with Gasteiger partial charge in [-0.05, 0) is 45.0 Å². The fourth-order valence-corrected chi connectivity index (χ4v) is 2.71. The minimum absolute atomic E-state index is 0.0597. The average Bonchev–Trinajstić information content (AvgIpc) is 3.15. The van der Waals surface area contributed by atoms with Crippen LogP contribution in [0.4, 0.5) is 5.69 Å². The van der Waals surface area contributed by atoms with E-state index in [0.29, 0.717) is 41.9 Å². The number of nitrogens with one attached hydrogen (secondary N) is 2. The van der Waals surface area contributed by atoms with E-state index in [2.05, 4.69) is 20.8 Å². The molecule has 0 fully saturated rings. The molecule has 3 aromatic rings. The molecule has 0 bridgehead atoms. The van der Waals surface area contributed by atoms with E-state index in [1.165, 1.54) is 0 Å². The van der Waals surface area contributed by atoms with Crippen molar-refractivity contribution >= 4 is 11.6 Å². The molecule has 0 aliphatic rings. The lowest BCUT2D eigenvalue weighted by Crippen LogP contribution is -2.30. The molecule has 0 atom stereocenters. The molecule has 28 heavy (non-hydrogen) atoms. The Balaban J connectivity index is 1.73. The SMILES string of the molecule is CCOc1ccccc1-c1noc(CNc2ccccc2C(=O)NC(C)C)n1. The number of aromatic nitrogens is 2. The van der Waals surface area contributed by atoms with Gasteiger partial charge < -0.3 is 19.9 Å². The first-order valence-electron chi connectivity index (χ1n) is 9.27. The molecule has 0 saturated heterocycles. The fourth-order valence-electron chi connectivity index (χ4n) is 2.71. The number of amides is 1. The van der Waals surface area contributed by atoms with Gasteiger partial charge in [0.25, 0.3) is 5.91 Å². The second kappa shape index (κ2) is 9.03. The summed E-state index contributed by atoms with van der Waals surface area (Å²) < 4.78 is 11.0. The Bertz CT molecular complexity index is 937. The Kier molecular flexibility index (Phi) is 6.26. The molecule has 0 saturated carbocycles. The molecule has 0 aliphatic carbocycles. The summed E-state index contributed by atoms with van der Waals surface area (Å²) in [5.41, 5.74) is 2.05. The van der Waals surface area contributed by atoms with Gasteiger partial charge >= 0.3 is 0 Å². The van der Waals surface area contributed by atoms with E-state index in [9.17, 15) is 4.79 Å². The summed E-state index contributed by atoms with van der Waals surface area (Å²) in [5, 5.41) is 10.2. The summed E-state index contributed by atoms with van der Waals surface area (Å²) in [6.45, 7) is 6.63. The van der Waals surface area contributed by atoms with Crippen molar-refractivity contribution in [2.75, 3.05) is 11.9 Å². The lowest BCUT2D eigenvalue weighted by molar-refractivity contribution is 0.0944. The van der Waals surface area contributed by atoms with Gasteiger partial charge in [-0.2, -0.15) is 4.98 Å². The van der Waals surface area contributed by atoms with E-state index >= 15 is 0 Å². The van der Waals surface area contributed by atoms with Crippen LogP contribution < -0.4 is 15.4 Å². The largest absolute Gasteiger partial charge is 0.493 e. The zero-order chi connectivity index (χ0) is 19.9. The van der Waals surface area contributed by atoms with Gasteiger partial charge in [-0.1, -0.05) is 29.4 Å². The number of hydrogen-bond donors (Lipinski definition) is 2. The summed E-state index contributed by atoms with van der Waals surface area (Å²) in [6, 6.07) is 14.9. The molecule has 0 aliphatic heterocycles. The van der Waals surface area contributed by atoms with Gasteiger partial charge in [0.1, 0.15) is 5.75 Å². The van der Waals surface area contributed by atoms with E-state index in [1.54, 1.807) is 6.07 Å². The quantitative estimate of drug-likeness (QED) is 0.616. The molecule has 1 heterocycles. The van der Waals surface area contributed by atoms with Crippen LogP contribution in [0.3, 0.4) is 0 Å². The molecular weight excluding hydrogens is 356 g/mol. The summed E-state index contributed by atoms with van der Waals surface area (Å²) in [4.78, 5) is 16.8. The van der Waals surface area contributed by atoms with Crippen LogP contribution >= 0.6 is 0 Å². The summed E-state index contributed by atoms with van der Waals surface area (Å²) in [6.07, 6.45) is 0. The number of para-hydroxylation sites is 2. The summed E-state index contributed by atoms with van der Waals surface area (Å²) in [7, 11) is 0. The maximum Gasteiger partial charge on any atom is 0.253 e. The van der Waals surface area contributed by atoms with Gasteiger partial charge in [-0.3, -0.25) is 4.79 Å². The van der Waals surface area contributed by atoms with E-state index in [1.807, 2.05) is 63.2 Å². The minimum atomic E-state index is -0.130. The van der Waals surface area contributed by atoms with Crippen molar-refractivity contribution in [1.82, 2.24) is 15.5 Å². The van der Waals surface area contributed by atoms with Crippen molar-refractivity contribution in [3.63, 3.8) is 0 Å². The number of carbonyl (C=O) groups excluding carboxylic acids is 1. The number of carbonyl (C=O) groups is 1. The van der Waals surface area contributed by atoms with Gasteiger partial charge in [-0.15, -0.1) is 0 Å². The number of hydrogen-bond acceptors (Lipinski definition) is 6. The van der Waals surface area contributed by atoms with Crippen molar-refractivity contribution in [3.8, 4) is 17.1 Å². The lowest BCUT2D eigenvalue weighted by Gasteiger charge is -2.12. The Morgan fingerprint density at radius 3 is 2.68 bits per heavy atom. The normalized spacial score (nSPS) is 10.7. The minimum Gasteiger partial charge on any atom is -0.493 e. The van der Waals surface area contributed by atoms with Crippen LogP contribution in [0.25, 0.3) is 11.4 Å². The zero-order valence-corrected chi connectivity index (χ0v) is 16.2. The maximum absolute atomic E-state index is 12.4. The third-order valence-corrected chi connectivity index (χ3v) is 3.92. The molecular formula is C21H24N4O3. The molecule has 0 unspecified atom stereocenters. The van der Waals surface area contributed by atoms with Crippen molar-refractivity contribution in [1.29, 1.82) is 0 Å². The molecule has 7 heteroatoms. The van der Waals surface area contributed by atoms with Crippen molar-refractivity contribution in [2.24, 2.45) is 0 Å². The molecule has 2 aromatic carbocycles. The molecule has 7 nitrogen and oxygen atoms in total. The van der Waals surface area contributed by atoms with Crippen LogP contribution in [0.2, 0.25) is 0 Å². The number of anilines is 1. The monoisotopic (exact) mass is 380 g/mol. The molecule has 1 amide bonds. The Labute approximate surface area is 164 Å². The summed E-state index contributed by atoms with van der Waals surface area (Å²) in [5.74, 6) is 1.46. The van der Waals surface area contributed by atoms with Crippen molar-refractivity contribution in [2.45, 2.75) is 33.4 Å². The van der Waals surface area contributed by atoms with Gasteiger partial charge in [0.05, 0.1) is 24.3 Å². The number of benzene rings is 2. The Morgan fingerprint density at radius 1 is 1.14 bits per heavy atom. The zero-order valence-electron chi connectivity index (χ0n) is 16.2. The standard InChI is InChI=1S/C21H24N4O3/c1-4-27-18-12-8-6-10-16(18)20-24-19(28-25-20)13-22-17-11-7-5-9-15(17)21(26)23-14(2)3/h5-12,14,22H,4,13H2,1-3H3,(H,23,26). The number of ether oxygens (including phenoxy) is 1. The van der Waals surface area contributed by atoms with E-state index in [4.69, 9.17) is 9.26 Å². The fraction of sp³-hybridized carbons (Fsp3) is 0.286. The molecule has 1 aromatic heterocycles. The van der Waals surface area contributed by atoms with Crippen LogP contribution in [0.5, 0.6) is 5.75 Å². The van der Waals surface area contributed by atoms with E-state index < -0.39 is 0 Å². The smallest absolute Gasteiger partial charge is 0.253 e. The van der Waals surface area contributed by atoms with Crippen molar-refractivity contribution in [3.05, 3.63) is 60.0 Å². The molecule has 0 spiro atoms. The van der Waals surface area contributed by atoms with Crippen molar-refractivity contribution < 1.29 is 14.1 Å². The lowest BCUT2D eigenvalue weighted by atomic mass is 10.1. The second-order valence-corrected chi connectivity index (χ2v) is 6.47. The van der Waals surface area contributed by atoms with E-state index in [0.717, 1.165) is 5.56 Å². The average molecular weight is 380 g/mol. The Hall–Kier alpha value is -3.35. The molecule has 0 radical (unpaired) electrons. The van der Waals surface area contributed by atoms with Gasteiger partial charge in [0, 0.05) is 11.7 Å². The molecule has 146 valence electrons. The van der Waals surface area contributed by atoms with Gasteiger partial charge in [-0.25, -0.2) is 0 Å². The third kappa shape index (κ3) is 4.68. The first-order chi connectivity index (χ1) is 13.6. The predicted octanol–water partition coefficient (Wildman–Crippen LogP) is 3.89. The summed E-state index contributed by atoms with van der Waals surface area (Å²) >= 11 is 0. The predicted molar refractivity (Wildman–Crippen MR) is 107 cm³/mol. The van der Waals surface area contributed by atoms with Gasteiger partial charge in [0.2, 0.25) is 11.7 Å². The highest BCUT2D eigenvalue weighted by atomic mass is 16.5. The van der Waals surface area contributed by atoms with Crippen LogP contribution in [-0.4, -0.2) is 28.7 Å². The number of rotatable bonds is 8. The van der Waals surface area contributed by atoms with E-state index in [-0.39, 0.29) is 11.9 Å². The number of nitrogens with zero attached hydrogens (tertiary/aromatic N) is 2.